The molecule has 1 aromatic carbocycles. The van der Waals surface area contributed by atoms with E-state index in [0.717, 1.165) is 50.7 Å². The molecule has 1 aliphatic carbocycles. The Morgan fingerprint density at radius 2 is 2.00 bits per heavy atom. The summed E-state index contributed by atoms with van der Waals surface area (Å²) < 4.78 is 32.6. The zero-order valence-electron chi connectivity index (χ0n) is 15.9. The Morgan fingerprint density at radius 1 is 1.26 bits per heavy atom. The van der Waals surface area contributed by atoms with Crippen molar-refractivity contribution in [3.8, 4) is 0 Å². The molecule has 1 atom stereocenters. The fourth-order valence-corrected chi connectivity index (χ4v) is 5.09. The summed E-state index contributed by atoms with van der Waals surface area (Å²) in [5, 5.41) is 0. The number of hydrogen-bond donors (Lipinski definition) is 0. The number of likely N-dealkylation sites (tertiary alicyclic amines) is 2. The van der Waals surface area contributed by atoms with Crippen molar-refractivity contribution in [2.45, 2.75) is 38.1 Å². The zero-order valence-corrected chi connectivity index (χ0v) is 15.9. The van der Waals surface area contributed by atoms with E-state index in [0.29, 0.717) is 19.0 Å². The van der Waals surface area contributed by atoms with E-state index in [2.05, 4.69) is 4.90 Å². The summed E-state index contributed by atoms with van der Waals surface area (Å²) in [7, 11) is 1.76. The summed E-state index contributed by atoms with van der Waals surface area (Å²) in [5.74, 6) is -1.29. The van der Waals surface area contributed by atoms with Gasteiger partial charge in [-0.3, -0.25) is 9.69 Å². The third kappa shape index (κ3) is 3.49. The van der Waals surface area contributed by atoms with Crippen molar-refractivity contribution in [1.82, 2.24) is 9.80 Å². The zero-order chi connectivity index (χ0) is 19.0. The van der Waals surface area contributed by atoms with Crippen LogP contribution in [0.3, 0.4) is 0 Å². The molecule has 1 unspecified atom stereocenters. The van der Waals surface area contributed by atoms with Gasteiger partial charge in [-0.1, -0.05) is 6.42 Å². The summed E-state index contributed by atoms with van der Waals surface area (Å²) in [4.78, 5) is 17.0. The maximum Gasteiger partial charge on any atom is 0.256 e. The standard InChI is InChI=1S/C21H28F2N2O2/c1-27-13-15-12-25(17-3-2-4-17)14-21(15)7-9-24(10-8-21)20(26)18-6-5-16(22)11-19(18)23/h5-6,11,15,17H,2-4,7-10,12-14H2,1H3. The van der Waals surface area contributed by atoms with E-state index < -0.39 is 11.6 Å². The summed E-state index contributed by atoms with van der Waals surface area (Å²) in [6, 6.07) is 3.89. The van der Waals surface area contributed by atoms with Gasteiger partial charge in [0.05, 0.1) is 12.2 Å². The van der Waals surface area contributed by atoms with Crippen molar-refractivity contribution in [1.29, 1.82) is 0 Å². The van der Waals surface area contributed by atoms with Crippen LogP contribution in [-0.4, -0.2) is 61.6 Å². The second-order valence-electron chi connectivity index (χ2n) is 8.45. The van der Waals surface area contributed by atoms with Gasteiger partial charge in [-0.25, -0.2) is 8.78 Å². The summed E-state index contributed by atoms with van der Waals surface area (Å²) in [5.41, 5.74) is 0.146. The lowest BCUT2D eigenvalue weighted by atomic mass is 9.71. The number of ether oxygens (including phenoxy) is 1. The summed E-state index contributed by atoms with van der Waals surface area (Å²) in [6.45, 7) is 4.16. The second-order valence-corrected chi connectivity index (χ2v) is 8.45. The first-order chi connectivity index (χ1) is 13.0. The fourth-order valence-electron chi connectivity index (χ4n) is 5.09. The molecule has 4 nitrogen and oxygen atoms in total. The van der Waals surface area contributed by atoms with Gasteiger partial charge in [0.25, 0.3) is 5.91 Å². The first-order valence-electron chi connectivity index (χ1n) is 10.00. The number of piperidine rings is 1. The molecule has 27 heavy (non-hydrogen) atoms. The van der Waals surface area contributed by atoms with E-state index in [1.807, 2.05) is 0 Å². The van der Waals surface area contributed by atoms with Gasteiger partial charge in [0, 0.05) is 51.3 Å². The van der Waals surface area contributed by atoms with Crippen LogP contribution >= 0.6 is 0 Å². The van der Waals surface area contributed by atoms with Gasteiger partial charge in [-0.15, -0.1) is 0 Å². The van der Waals surface area contributed by atoms with Crippen LogP contribution in [0.4, 0.5) is 8.78 Å². The highest BCUT2D eigenvalue weighted by molar-refractivity contribution is 5.94. The Kier molecular flexibility index (Phi) is 5.21. The van der Waals surface area contributed by atoms with Crippen molar-refractivity contribution in [3.05, 3.63) is 35.4 Å². The van der Waals surface area contributed by atoms with Gasteiger partial charge in [0.15, 0.2) is 0 Å². The van der Waals surface area contributed by atoms with Crippen LogP contribution in [0.5, 0.6) is 0 Å². The lowest BCUT2D eigenvalue weighted by Gasteiger charge is -2.43. The number of methoxy groups -OCH3 is 1. The highest BCUT2D eigenvalue weighted by Crippen LogP contribution is 2.47. The SMILES string of the molecule is COCC1CN(C2CCC2)CC12CCN(C(=O)c1ccc(F)cc1F)CC2. The van der Waals surface area contributed by atoms with Crippen molar-refractivity contribution < 1.29 is 18.3 Å². The Hall–Kier alpha value is -1.53. The summed E-state index contributed by atoms with van der Waals surface area (Å²) in [6.07, 6.45) is 5.75. The molecule has 0 bridgehead atoms. The highest BCUT2D eigenvalue weighted by atomic mass is 19.1. The molecule has 2 saturated heterocycles. The predicted octanol–water partition coefficient (Wildman–Crippen LogP) is 3.32. The molecule has 2 aliphatic heterocycles. The summed E-state index contributed by atoms with van der Waals surface area (Å²) >= 11 is 0. The molecule has 0 aromatic heterocycles. The Labute approximate surface area is 159 Å². The second kappa shape index (κ2) is 7.47. The molecule has 0 radical (unpaired) electrons. The van der Waals surface area contributed by atoms with Crippen LogP contribution < -0.4 is 0 Å². The number of carbonyl (C=O) groups is 1. The average Bonchev–Trinajstić information content (AvgIpc) is 2.91. The molecule has 2 heterocycles. The maximum absolute atomic E-state index is 14.0. The van der Waals surface area contributed by atoms with E-state index in [1.54, 1.807) is 12.0 Å². The molecule has 148 valence electrons. The first-order valence-corrected chi connectivity index (χ1v) is 10.00. The first kappa shape index (κ1) is 18.8. The van der Waals surface area contributed by atoms with Crippen molar-refractivity contribution in [2.75, 3.05) is 39.9 Å². The van der Waals surface area contributed by atoms with Gasteiger partial charge >= 0.3 is 0 Å². The van der Waals surface area contributed by atoms with Gasteiger partial charge in [-0.05, 0) is 43.2 Å². The fraction of sp³-hybridized carbons (Fsp3) is 0.667. The number of amides is 1. The predicted molar refractivity (Wildman–Crippen MR) is 98.5 cm³/mol. The quantitative estimate of drug-likeness (QED) is 0.806. The van der Waals surface area contributed by atoms with Crippen LogP contribution in [0.1, 0.15) is 42.5 Å². The van der Waals surface area contributed by atoms with Crippen molar-refractivity contribution in [3.63, 3.8) is 0 Å². The Morgan fingerprint density at radius 3 is 2.59 bits per heavy atom. The van der Waals surface area contributed by atoms with Crippen molar-refractivity contribution in [2.24, 2.45) is 11.3 Å². The van der Waals surface area contributed by atoms with E-state index in [9.17, 15) is 13.6 Å². The third-order valence-electron chi connectivity index (χ3n) is 7.01. The van der Waals surface area contributed by atoms with E-state index in [-0.39, 0.29) is 16.9 Å². The van der Waals surface area contributed by atoms with Crippen LogP contribution in [0.15, 0.2) is 18.2 Å². The number of rotatable bonds is 4. The minimum Gasteiger partial charge on any atom is -0.384 e. The number of benzene rings is 1. The third-order valence-corrected chi connectivity index (χ3v) is 7.01. The lowest BCUT2D eigenvalue weighted by Crippen LogP contribution is -2.48. The molecule has 1 amide bonds. The van der Waals surface area contributed by atoms with Crippen molar-refractivity contribution >= 4 is 5.91 Å². The maximum atomic E-state index is 14.0. The number of nitrogens with zero attached hydrogens (tertiary/aromatic N) is 2. The molecule has 1 saturated carbocycles. The van der Waals surface area contributed by atoms with Gasteiger partial charge in [0.2, 0.25) is 0 Å². The topological polar surface area (TPSA) is 32.8 Å². The highest BCUT2D eigenvalue weighted by Gasteiger charge is 2.50. The molecule has 0 N–H and O–H groups in total. The molecule has 3 fully saturated rings. The molecule has 6 heteroatoms. The van der Waals surface area contributed by atoms with Crippen LogP contribution in [-0.2, 0) is 4.74 Å². The molecular weight excluding hydrogens is 350 g/mol. The van der Waals surface area contributed by atoms with E-state index in [1.165, 1.54) is 25.3 Å². The Balaban J connectivity index is 1.44. The molecule has 1 spiro atoms. The van der Waals surface area contributed by atoms with Gasteiger partial charge in [-0.2, -0.15) is 0 Å². The van der Waals surface area contributed by atoms with Crippen LogP contribution in [0.25, 0.3) is 0 Å². The molecular formula is C21H28F2N2O2. The normalized spacial score (nSPS) is 25.7. The smallest absolute Gasteiger partial charge is 0.256 e. The van der Waals surface area contributed by atoms with Crippen LogP contribution in [0, 0.1) is 23.0 Å². The van der Waals surface area contributed by atoms with E-state index >= 15 is 0 Å². The number of halogens is 2. The minimum absolute atomic E-state index is 0.0386. The molecule has 3 aliphatic rings. The minimum atomic E-state index is -0.783. The van der Waals surface area contributed by atoms with E-state index in [4.69, 9.17) is 4.74 Å². The van der Waals surface area contributed by atoms with Gasteiger partial charge in [0.1, 0.15) is 11.6 Å². The Bertz CT molecular complexity index is 699. The van der Waals surface area contributed by atoms with Crippen LogP contribution in [0.2, 0.25) is 0 Å². The monoisotopic (exact) mass is 378 g/mol. The molecule has 4 rings (SSSR count). The largest absolute Gasteiger partial charge is 0.384 e. The number of hydrogen-bond acceptors (Lipinski definition) is 3. The lowest BCUT2D eigenvalue weighted by molar-refractivity contribution is 0.0310. The number of carbonyl (C=O) groups excluding carboxylic acids is 1. The van der Waals surface area contributed by atoms with Gasteiger partial charge < -0.3 is 9.64 Å². The molecule has 1 aromatic rings. The average molecular weight is 378 g/mol.